The highest BCUT2D eigenvalue weighted by Gasteiger charge is 2.22. The van der Waals surface area contributed by atoms with Crippen molar-refractivity contribution in [3.63, 3.8) is 0 Å². The summed E-state index contributed by atoms with van der Waals surface area (Å²) in [5.41, 5.74) is 1.79. The number of methoxy groups -OCH3 is 1. The van der Waals surface area contributed by atoms with Gasteiger partial charge in [0, 0.05) is 38.9 Å². The van der Waals surface area contributed by atoms with Gasteiger partial charge in [-0.25, -0.2) is 4.79 Å². The normalized spacial score (nSPS) is 14.5. The molecule has 1 aliphatic rings. The number of ether oxygens (including phenoxy) is 1. The highest BCUT2D eigenvalue weighted by molar-refractivity contribution is 5.94. The molecule has 0 radical (unpaired) electrons. The zero-order valence-electron chi connectivity index (χ0n) is 17.8. The van der Waals surface area contributed by atoms with Crippen LogP contribution in [0.25, 0.3) is 0 Å². The Labute approximate surface area is 182 Å². The zero-order valence-corrected chi connectivity index (χ0v) is 17.8. The third-order valence-corrected chi connectivity index (χ3v) is 5.23. The summed E-state index contributed by atoms with van der Waals surface area (Å²) in [7, 11) is 1.30. The largest absolute Gasteiger partial charge is 0.465 e. The average molecular weight is 425 g/mol. The van der Waals surface area contributed by atoms with Crippen LogP contribution in [0.3, 0.4) is 0 Å². The van der Waals surface area contributed by atoms with Crippen LogP contribution >= 0.6 is 0 Å². The molecule has 1 aliphatic heterocycles. The van der Waals surface area contributed by atoms with E-state index in [4.69, 9.17) is 0 Å². The zero-order chi connectivity index (χ0) is 22.1. The van der Waals surface area contributed by atoms with E-state index in [1.54, 1.807) is 4.90 Å². The van der Waals surface area contributed by atoms with Crippen molar-refractivity contribution in [1.82, 2.24) is 20.1 Å². The predicted octanol–water partition coefficient (Wildman–Crippen LogP) is 1.38. The summed E-state index contributed by atoms with van der Waals surface area (Å²) < 4.78 is 4.65. The van der Waals surface area contributed by atoms with Crippen molar-refractivity contribution in [3.05, 3.63) is 65.5 Å². The number of esters is 1. The molecule has 31 heavy (non-hydrogen) atoms. The van der Waals surface area contributed by atoms with Gasteiger partial charge < -0.3 is 15.0 Å². The fourth-order valence-corrected chi connectivity index (χ4v) is 3.50. The molecule has 0 aliphatic carbocycles. The Morgan fingerprint density at radius 1 is 1.03 bits per heavy atom. The highest BCUT2D eigenvalue weighted by Crippen LogP contribution is 2.09. The van der Waals surface area contributed by atoms with Gasteiger partial charge in [0.1, 0.15) is 5.69 Å². The van der Waals surface area contributed by atoms with Crippen LogP contribution in [0.15, 0.2) is 48.7 Å². The van der Waals surface area contributed by atoms with Gasteiger partial charge in [-0.15, -0.1) is 0 Å². The number of nitrogens with zero attached hydrogens (tertiary/aromatic N) is 3. The third kappa shape index (κ3) is 6.62. The quantitative estimate of drug-likeness (QED) is 0.675. The van der Waals surface area contributed by atoms with Gasteiger partial charge in [0.05, 0.1) is 19.2 Å². The molecule has 0 saturated carbocycles. The Kier molecular flexibility index (Phi) is 8.12. The summed E-state index contributed by atoms with van der Waals surface area (Å²) in [5.74, 6) is -0.666. The molecule has 1 aromatic carbocycles. The van der Waals surface area contributed by atoms with E-state index < -0.39 is 5.97 Å². The lowest BCUT2D eigenvalue weighted by molar-refractivity contribution is -0.122. The van der Waals surface area contributed by atoms with Gasteiger partial charge in [-0.1, -0.05) is 30.3 Å². The molecule has 8 heteroatoms. The maximum absolute atomic E-state index is 12.8. The van der Waals surface area contributed by atoms with Crippen molar-refractivity contribution >= 4 is 17.8 Å². The lowest BCUT2D eigenvalue weighted by Gasteiger charge is -2.21. The van der Waals surface area contributed by atoms with E-state index in [-0.39, 0.29) is 11.8 Å². The summed E-state index contributed by atoms with van der Waals surface area (Å²) in [6.45, 7) is 3.43. The van der Waals surface area contributed by atoms with Crippen LogP contribution in [0.4, 0.5) is 0 Å². The third-order valence-electron chi connectivity index (χ3n) is 5.23. The molecule has 0 unspecified atom stereocenters. The number of amides is 2. The molecule has 1 aromatic heterocycles. The van der Waals surface area contributed by atoms with E-state index in [1.807, 2.05) is 30.3 Å². The molecule has 1 fully saturated rings. The second-order valence-corrected chi connectivity index (χ2v) is 7.43. The number of carbonyl (C=O) groups excluding carboxylic acids is 3. The first-order valence-corrected chi connectivity index (χ1v) is 10.4. The average Bonchev–Trinajstić information content (AvgIpc) is 3.04. The minimum Gasteiger partial charge on any atom is -0.465 e. The lowest BCUT2D eigenvalue weighted by Crippen LogP contribution is -2.40. The number of aromatic nitrogens is 1. The number of benzene rings is 1. The summed E-state index contributed by atoms with van der Waals surface area (Å²) in [6, 6.07) is 13.1. The van der Waals surface area contributed by atoms with Crippen molar-refractivity contribution in [2.75, 3.05) is 46.4 Å². The van der Waals surface area contributed by atoms with E-state index in [2.05, 4.69) is 19.9 Å². The van der Waals surface area contributed by atoms with Gasteiger partial charge in [-0.3, -0.25) is 19.5 Å². The standard InChI is InChI=1S/C23H28N4O4/c1-31-23(30)19-8-9-20(25-16-19)22(29)27-13-5-12-26(14-15-27)17-21(28)24-11-10-18-6-3-2-4-7-18/h2-4,6-9,16H,5,10-15,17H2,1H3,(H,24,28). The molecule has 2 heterocycles. The summed E-state index contributed by atoms with van der Waals surface area (Å²) in [6.07, 6.45) is 2.93. The number of hydrogen-bond donors (Lipinski definition) is 1. The fourth-order valence-electron chi connectivity index (χ4n) is 3.50. The van der Waals surface area contributed by atoms with Gasteiger partial charge in [-0.05, 0) is 30.5 Å². The summed E-state index contributed by atoms with van der Waals surface area (Å²) >= 11 is 0. The van der Waals surface area contributed by atoms with Crippen molar-refractivity contribution in [2.45, 2.75) is 12.8 Å². The lowest BCUT2D eigenvalue weighted by atomic mass is 10.1. The topological polar surface area (TPSA) is 91.8 Å². The van der Waals surface area contributed by atoms with E-state index in [1.165, 1.54) is 31.0 Å². The first kappa shape index (κ1) is 22.4. The van der Waals surface area contributed by atoms with E-state index in [0.717, 1.165) is 19.4 Å². The van der Waals surface area contributed by atoms with Crippen LogP contribution in [-0.2, 0) is 16.0 Å². The van der Waals surface area contributed by atoms with Gasteiger partial charge in [0.25, 0.3) is 5.91 Å². The van der Waals surface area contributed by atoms with E-state index >= 15 is 0 Å². The Morgan fingerprint density at radius 2 is 1.84 bits per heavy atom. The second kappa shape index (κ2) is 11.2. The molecular weight excluding hydrogens is 396 g/mol. The Bertz CT molecular complexity index is 886. The molecule has 0 bridgehead atoms. The summed E-state index contributed by atoms with van der Waals surface area (Å²) in [4.78, 5) is 44.5. The minimum atomic E-state index is -0.487. The smallest absolute Gasteiger partial charge is 0.339 e. The highest BCUT2D eigenvalue weighted by atomic mass is 16.5. The number of rotatable bonds is 7. The Morgan fingerprint density at radius 3 is 2.55 bits per heavy atom. The maximum Gasteiger partial charge on any atom is 0.339 e. The minimum absolute atomic E-state index is 0.00391. The van der Waals surface area contributed by atoms with E-state index in [9.17, 15) is 14.4 Å². The number of hydrogen-bond acceptors (Lipinski definition) is 6. The van der Waals surface area contributed by atoms with Crippen LogP contribution in [0, 0.1) is 0 Å². The molecule has 1 N–H and O–H groups in total. The predicted molar refractivity (Wildman–Crippen MR) is 116 cm³/mol. The molecule has 8 nitrogen and oxygen atoms in total. The first-order valence-electron chi connectivity index (χ1n) is 10.4. The molecule has 2 amide bonds. The van der Waals surface area contributed by atoms with Gasteiger partial charge in [0.2, 0.25) is 5.91 Å². The molecule has 1 saturated heterocycles. The van der Waals surface area contributed by atoms with Crippen molar-refractivity contribution in [2.24, 2.45) is 0 Å². The second-order valence-electron chi connectivity index (χ2n) is 7.43. The molecule has 0 atom stereocenters. The fraction of sp³-hybridized carbons (Fsp3) is 0.391. The molecular formula is C23H28N4O4. The monoisotopic (exact) mass is 424 g/mol. The SMILES string of the molecule is COC(=O)c1ccc(C(=O)N2CCCN(CC(=O)NCCc3ccccc3)CC2)nc1. The van der Waals surface area contributed by atoms with Gasteiger partial charge >= 0.3 is 5.97 Å². The molecule has 2 aromatic rings. The summed E-state index contributed by atoms with van der Waals surface area (Å²) in [5, 5.41) is 2.97. The van der Waals surface area contributed by atoms with Crippen LogP contribution in [0.1, 0.15) is 32.8 Å². The number of pyridine rings is 1. The Balaban J connectivity index is 1.44. The first-order chi connectivity index (χ1) is 15.1. The number of carbonyl (C=O) groups is 3. The maximum atomic E-state index is 12.8. The Hall–Kier alpha value is -3.26. The molecule has 0 spiro atoms. The van der Waals surface area contributed by atoms with Crippen LogP contribution in [0.5, 0.6) is 0 Å². The van der Waals surface area contributed by atoms with Gasteiger partial charge in [-0.2, -0.15) is 0 Å². The van der Waals surface area contributed by atoms with Crippen LogP contribution < -0.4 is 5.32 Å². The van der Waals surface area contributed by atoms with Crippen molar-refractivity contribution < 1.29 is 19.1 Å². The van der Waals surface area contributed by atoms with Crippen LogP contribution in [0.2, 0.25) is 0 Å². The van der Waals surface area contributed by atoms with Crippen molar-refractivity contribution in [1.29, 1.82) is 0 Å². The van der Waals surface area contributed by atoms with Gasteiger partial charge in [0.15, 0.2) is 0 Å². The number of nitrogens with one attached hydrogen (secondary N) is 1. The molecule has 3 rings (SSSR count). The van der Waals surface area contributed by atoms with Crippen molar-refractivity contribution in [3.8, 4) is 0 Å². The van der Waals surface area contributed by atoms with E-state index in [0.29, 0.717) is 44.0 Å². The molecule has 164 valence electrons. The van der Waals surface area contributed by atoms with Crippen LogP contribution in [-0.4, -0.2) is 78.9 Å².